The highest BCUT2D eigenvalue weighted by Crippen LogP contribution is 2.22. The summed E-state index contributed by atoms with van der Waals surface area (Å²) in [5.41, 5.74) is 0. The molecule has 1 N–H and O–H groups in total. The lowest BCUT2D eigenvalue weighted by Crippen LogP contribution is -2.20. The van der Waals surface area contributed by atoms with E-state index in [1.807, 2.05) is 24.3 Å². The Balaban J connectivity index is 2.70. The zero-order valence-corrected chi connectivity index (χ0v) is 9.66. The molecule has 2 rings (SSSR count). The Bertz CT molecular complexity index is 600. The van der Waals surface area contributed by atoms with Crippen LogP contribution in [0.1, 0.15) is 6.92 Å². The van der Waals surface area contributed by atoms with Gasteiger partial charge in [-0.15, -0.1) is 0 Å². The lowest BCUT2D eigenvalue weighted by atomic mass is 10.1. The van der Waals surface area contributed by atoms with Gasteiger partial charge in [0.15, 0.2) is 0 Å². The van der Waals surface area contributed by atoms with E-state index in [-0.39, 0.29) is 0 Å². The van der Waals surface area contributed by atoms with E-state index in [1.54, 1.807) is 25.1 Å². The van der Waals surface area contributed by atoms with Gasteiger partial charge in [-0.05, 0) is 18.4 Å². The van der Waals surface area contributed by atoms with Crippen LogP contribution in [0.3, 0.4) is 0 Å². The van der Waals surface area contributed by atoms with E-state index in [0.29, 0.717) is 4.90 Å². The molecular formula is C12H12NO2S. The second-order valence-corrected chi connectivity index (χ2v) is 5.07. The Labute approximate surface area is 95.2 Å². The van der Waals surface area contributed by atoms with Crippen molar-refractivity contribution in [1.29, 1.82) is 0 Å². The molecule has 1 radical (unpaired) electrons. The second kappa shape index (κ2) is 4.23. The first-order valence-electron chi connectivity index (χ1n) is 4.93. The largest absolute Gasteiger partial charge is 0.241 e. The zero-order chi connectivity index (χ0) is 11.6. The van der Waals surface area contributed by atoms with Crippen LogP contribution in [0.2, 0.25) is 0 Å². The number of fused-ring (bicyclic) bond motifs is 1. The summed E-state index contributed by atoms with van der Waals surface area (Å²) in [5, 5.41) is 1.65. The maximum Gasteiger partial charge on any atom is 0.241 e. The minimum absolute atomic E-state index is 0.309. The molecule has 0 aliphatic heterocycles. The van der Waals surface area contributed by atoms with E-state index >= 15 is 0 Å². The van der Waals surface area contributed by atoms with Gasteiger partial charge >= 0.3 is 0 Å². The molecule has 0 heterocycles. The fourth-order valence-corrected chi connectivity index (χ4v) is 2.82. The van der Waals surface area contributed by atoms with Gasteiger partial charge in [-0.3, -0.25) is 0 Å². The van der Waals surface area contributed by atoms with Gasteiger partial charge in [0.25, 0.3) is 0 Å². The average molecular weight is 234 g/mol. The van der Waals surface area contributed by atoms with Crippen molar-refractivity contribution >= 4 is 20.8 Å². The minimum atomic E-state index is -3.44. The van der Waals surface area contributed by atoms with Gasteiger partial charge in [0.1, 0.15) is 0 Å². The predicted molar refractivity (Wildman–Crippen MR) is 64.2 cm³/mol. The van der Waals surface area contributed by atoms with Crippen molar-refractivity contribution in [3.63, 3.8) is 0 Å². The topological polar surface area (TPSA) is 46.2 Å². The van der Waals surface area contributed by atoms with Gasteiger partial charge < -0.3 is 0 Å². The first-order chi connectivity index (χ1) is 7.65. The third-order valence-electron chi connectivity index (χ3n) is 2.31. The molecule has 0 aliphatic carbocycles. The molecule has 0 amide bonds. The quantitative estimate of drug-likeness (QED) is 0.885. The van der Waals surface area contributed by atoms with Gasteiger partial charge in [-0.1, -0.05) is 36.4 Å². The van der Waals surface area contributed by atoms with E-state index < -0.39 is 10.0 Å². The van der Waals surface area contributed by atoms with Gasteiger partial charge in [-0.2, -0.15) is 0 Å². The molecule has 2 aromatic carbocycles. The normalized spacial score (nSPS) is 11.8. The molecule has 0 saturated heterocycles. The molecule has 83 valence electrons. The average Bonchev–Trinajstić information content (AvgIpc) is 2.28. The van der Waals surface area contributed by atoms with Gasteiger partial charge in [-0.25, -0.2) is 13.1 Å². The van der Waals surface area contributed by atoms with Crippen molar-refractivity contribution in [2.75, 3.05) is 0 Å². The fraction of sp³-hybridized carbons (Fsp3) is 0.0833. The summed E-state index contributed by atoms with van der Waals surface area (Å²) in [5.74, 6) is 0. The molecular weight excluding hydrogens is 222 g/mol. The summed E-state index contributed by atoms with van der Waals surface area (Å²) in [6.45, 7) is 3.06. The van der Waals surface area contributed by atoms with Crippen LogP contribution in [0, 0.1) is 6.54 Å². The fourth-order valence-electron chi connectivity index (χ4n) is 1.65. The van der Waals surface area contributed by atoms with E-state index in [2.05, 4.69) is 4.72 Å². The van der Waals surface area contributed by atoms with Crippen LogP contribution in [-0.4, -0.2) is 8.42 Å². The van der Waals surface area contributed by atoms with Gasteiger partial charge in [0.05, 0.1) is 4.90 Å². The van der Waals surface area contributed by atoms with Crippen LogP contribution in [-0.2, 0) is 10.0 Å². The summed E-state index contributed by atoms with van der Waals surface area (Å²) in [7, 11) is -3.44. The van der Waals surface area contributed by atoms with Crippen LogP contribution in [0.4, 0.5) is 0 Å². The van der Waals surface area contributed by atoms with Crippen LogP contribution in [0.25, 0.3) is 10.8 Å². The summed E-state index contributed by atoms with van der Waals surface area (Å²) >= 11 is 0. The van der Waals surface area contributed by atoms with Crippen molar-refractivity contribution in [3.05, 3.63) is 49.0 Å². The van der Waals surface area contributed by atoms with Gasteiger partial charge in [0, 0.05) is 11.9 Å². The summed E-state index contributed by atoms with van der Waals surface area (Å²) < 4.78 is 26.2. The van der Waals surface area contributed by atoms with Crippen molar-refractivity contribution in [2.24, 2.45) is 0 Å². The zero-order valence-electron chi connectivity index (χ0n) is 8.84. The van der Waals surface area contributed by atoms with Crippen molar-refractivity contribution in [2.45, 2.75) is 11.8 Å². The van der Waals surface area contributed by atoms with E-state index in [4.69, 9.17) is 0 Å². The Morgan fingerprint density at radius 2 is 1.75 bits per heavy atom. The Morgan fingerprint density at radius 1 is 1.06 bits per heavy atom. The van der Waals surface area contributed by atoms with Crippen molar-refractivity contribution in [3.8, 4) is 0 Å². The number of hydrogen-bond donors (Lipinski definition) is 1. The molecule has 16 heavy (non-hydrogen) atoms. The minimum Gasteiger partial charge on any atom is -0.207 e. The number of nitrogens with one attached hydrogen (secondary N) is 1. The molecule has 0 bridgehead atoms. The highest BCUT2D eigenvalue weighted by molar-refractivity contribution is 7.89. The molecule has 0 saturated carbocycles. The van der Waals surface area contributed by atoms with E-state index in [1.165, 1.54) is 6.54 Å². The van der Waals surface area contributed by atoms with Gasteiger partial charge in [0.2, 0.25) is 10.0 Å². The lowest BCUT2D eigenvalue weighted by Gasteiger charge is -2.07. The smallest absolute Gasteiger partial charge is 0.207 e. The Hall–Kier alpha value is -1.39. The molecule has 0 fully saturated rings. The second-order valence-electron chi connectivity index (χ2n) is 3.39. The molecule has 4 heteroatoms. The molecule has 2 aromatic rings. The van der Waals surface area contributed by atoms with E-state index in [0.717, 1.165) is 10.8 Å². The lowest BCUT2D eigenvalue weighted by molar-refractivity contribution is 0.589. The van der Waals surface area contributed by atoms with Crippen molar-refractivity contribution in [1.82, 2.24) is 4.72 Å². The Morgan fingerprint density at radius 3 is 2.50 bits per heavy atom. The number of benzene rings is 2. The number of rotatable bonds is 3. The summed E-state index contributed by atoms with van der Waals surface area (Å²) in [4.78, 5) is 0.309. The highest BCUT2D eigenvalue weighted by Gasteiger charge is 2.15. The highest BCUT2D eigenvalue weighted by atomic mass is 32.2. The monoisotopic (exact) mass is 234 g/mol. The molecule has 0 atom stereocenters. The van der Waals surface area contributed by atoms with Crippen molar-refractivity contribution < 1.29 is 8.42 Å². The maximum atomic E-state index is 11.9. The van der Waals surface area contributed by atoms with Crippen LogP contribution < -0.4 is 4.72 Å². The van der Waals surface area contributed by atoms with Crippen LogP contribution >= 0.6 is 0 Å². The summed E-state index contributed by atoms with van der Waals surface area (Å²) in [6.07, 6.45) is 0. The number of hydrogen-bond acceptors (Lipinski definition) is 2. The molecule has 0 spiro atoms. The summed E-state index contributed by atoms with van der Waals surface area (Å²) in [6, 6.07) is 12.7. The van der Waals surface area contributed by atoms with E-state index in [9.17, 15) is 8.42 Å². The SMILES string of the molecule is C[CH]NS(=O)(=O)c1cccc2ccccc12. The van der Waals surface area contributed by atoms with Crippen LogP contribution in [0.5, 0.6) is 0 Å². The molecule has 0 aliphatic rings. The van der Waals surface area contributed by atoms with Crippen LogP contribution in [0.15, 0.2) is 47.4 Å². The molecule has 0 unspecified atom stereocenters. The number of sulfonamides is 1. The first kappa shape index (κ1) is 11.1. The predicted octanol–water partition coefficient (Wildman–Crippen LogP) is 2.30. The third-order valence-corrected chi connectivity index (χ3v) is 3.79. The molecule has 3 nitrogen and oxygen atoms in total. The standard InChI is InChI=1S/C12H12NO2S/c1-2-13-16(14,15)12-9-5-7-10-6-3-4-8-11(10)12/h2-9,13H,1H3. The maximum absolute atomic E-state index is 11.9. The molecule has 0 aromatic heterocycles. The Kier molecular flexibility index (Phi) is 2.94. The first-order valence-corrected chi connectivity index (χ1v) is 6.41. The third kappa shape index (κ3) is 1.94.